The summed E-state index contributed by atoms with van der Waals surface area (Å²) in [5.74, 6) is 0. The summed E-state index contributed by atoms with van der Waals surface area (Å²) < 4.78 is 0. The third-order valence-corrected chi connectivity index (χ3v) is 2.43. The minimum absolute atomic E-state index is 0. The van der Waals surface area contributed by atoms with Crippen molar-refractivity contribution in [2.24, 2.45) is 11.5 Å². The zero-order chi connectivity index (χ0) is 12.6. The van der Waals surface area contributed by atoms with Crippen LogP contribution in [-0.2, 0) is 6.42 Å². The van der Waals surface area contributed by atoms with Crippen LogP contribution in [0.5, 0.6) is 0 Å². The van der Waals surface area contributed by atoms with Crippen molar-refractivity contribution in [2.45, 2.75) is 40.5 Å². The van der Waals surface area contributed by atoms with Gasteiger partial charge in [-0.15, -0.1) is 0 Å². The van der Waals surface area contributed by atoms with E-state index in [1.807, 2.05) is 26.8 Å². The van der Waals surface area contributed by atoms with Crippen molar-refractivity contribution >= 4 is 0 Å². The van der Waals surface area contributed by atoms with Crippen LogP contribution >= 0.6 is 0 Å². The van der Waals surface area contributed by atoms with Crippen LogP contribution in [-0.4, -0.2) is 0 Å². The van der Waals surface area contributed by atoms with Gasteiger partial charge in [0, 0.05) is 11.4 Å². The fraction of sp³-hybridized carbons (Fsp3) is 0.429. The highest BCUT2D eigenvalue weighted by Gasteiger charge is 1.99. The molecule has 0 aliphatic carbocycles. The first-order valence-electron chi connectivity index (χ1n) is 5.86. The van der Waals surface area contributed by atoms with Crippen molar-refractivity contribution in [3.05, 3.63) is 46.8 Å². The minimum Gasteiger partial charge on any atom is -0.401 e. The molecule has 0 unspecified atom stereocenters. The van der Waals surface area contributed by atoms with E-state index in [9.17, 15) is 0 Å². The van der Waals surface area contributed by atoms with Crippen molar-refractivity contribution in [2.75, 3.05) is 0 Å². The third-order valence-electron chi connectivity index (χ3n) is 2.43. The molecule has 0 radical (unpaired) electrons. The molecule has 1 aromatic rings. The summed E-state index contributed by atoms with van der Waals surface area (Å²) in [5, 5.41) is 0. The fourth-order valence-corrected chi connectivity index (χ4v) is 1.36. The Hall–Kier alpha value is -1.48. The van der Waals surface area contributed by atoms with Crippen molar-refractivity contribution in [1.29, 1.82) is 0 Å². The summed E-state index contributed by atoms with van der Waals surface area (Å²) in [4.78, 5) is 0. The van der Waals surface area contributed by atoms with Crippen LogP contribution in [0.15, 0.2) is 35.7 Å². The van der Waals surface area contributed by atoms with Gasteiger partial charge in [-0.25, -0.2) is 0 Å². The normalized spacial score (nSPS) is 10.6. The van der Waals surface area contributed by atoms with Gasteiger partial charge in [0.2, 0.25) is 0 Å². The molecule has 0 aliphatic rings. The van der Waals surface area contributed by atoms with Gasteiger partial charge in [0.15, 0.2) is 0 Å². The lowest BCUT2D eigenvalue weighted by Gasteiger charge is -2.06. The molecule has 0 atom stereocenters. The molecule has 0 aromatic heterocycles. The predicted molar refractivity (Wildman–Crippen MR) is 76.9 cm³/mol. The highest BCUT2D eigenvalue weighted by molar-refractivity contribution is 5.26. The first kappa shape index (κ1) is 17.9. The Morgan fingerprint density at radius 1 is 1.12 bits per heavy atom. The molecule has 1 aromatic carbocycles. The van der Waals surface area contributed by atoms with Crippen LogP contribution in [0, 0.1) is 6.92 Å². The smallest absolute Gasteiger partial charge is 0.0271 e. The van der Waals surface area contributed by atoms with Gasteiger partial charge < -0.3 is 17.6 Å². The van der Waals surface area contributed by atoms with Gasteiger partial charge in [0.25, 0.3) is 0 Å². The molecule has 17 heavy (non-hydrogen) atoms. The predicted octanol–water partition coefficient (Wildman–Crippen LogP) is 3.26. The van der Waals surface area contributed by atoms with Crippen molar-refractivity contribution in [3.8, 4) is 0 Å². The second-order valence-corrected chi connectivity index (χ2v) is 3.63. The first-order chi connectivity index (χ1) is 7.61. The molecule has 1 rings (SSSR count). The molecule has 0 spiro atoms. The zero-order valence-electron chi connectivity index (χ0n) is 11.6. The van der Waals surface area contributed by atoms with E-state index in [1.54, 1.807) is 0 Å². The van der Waals surface area contributed by atoms with Gasteiger partial charge in [0.1, 0.15) is 0 Å². The largest absolute Gasteiger partial charge is 0.401 e. The lowest BCUT2D eigenvalue weighted by Crippen LogP contribution is -2.08. The quantitative estimate of drug-likeness (QED) is 0.754. The minimum atomic E-state index is 0. The van der Waals surface area contributed by atoms with E-state index in [0.717, 1.165) is 24.2 Å². The summed E-state index contributed by atoms with van der Waals surface area (Å²) in [5.41, 5.74) is 15.6. The molecule has 0 saturated heterocycles. The first-order valence-corrected chi connectivity index (χ1v) is 5.86. The van der Waals surface area contributed by atoms with E-state index in [2.05, 4.69) is 25.1 Å². The average Bonchev–Trinajstić information content (AvgIpc) is 2.30. The number of hydrogen-bond acceptors (Lipinski definition) is 3. The molecule has 0 heterocycles. The zero-order valence-corrected chi connectivity index (χ0v) is 11.6. The molecule has 0 amide bonds. The number of rotatable bonds is 3. The Balaban J connectivity index is 0. The summed E-state index contributed by atoms with van der Waals surface area (Å²) in [6.07, 6.45) is 1.81. The molecule has 3 nitrogen and oxygen atoms in total. The summed E-state index contributed by atoms with van der Waals surface area (Å²) in [6.45, 7) is 7.96. The average molecular weight is 237 g/mol. The standard InChI is InChI=1S/C12H18N2.C2H6.H3N/c1-9-5-3-4-6-11(9)7-8-12(14)10(2)13;1-2;/h3-6H,7-8,13-14H2,1-2H3;1-2H3;1H3/b12-10-;;. The molecule has 0 fully saturated rings. The van der Waals surface area contributed by atoms with Crippen LogP contribution in [0.4, 0.5) is 0 Å². The Labute approximate surface area is 105 Å². The van der Waals surface area contributed by atoms with Gasteiger partial charge in [-0.3, -0.25) is 0 Å². The number of benzene rings is 1. The van der Waals surface area contributed by atoms with Crippen molar-refractivity contribution in [1.82, 2.24) is 6.15 Å². The van der Waals surface area contributed by atoms with E-state index in [1.165, 1.54) is 11.1 Å². The second kappa shape index (κ2) is 9.73. The van der Waals surface area contributed by atoms with E-state index >= 15 is 0 Å². The van der Waals surface area contributed by atoms with Crippen LogP contribution in [0.3, 0.4) is 0 Å². The van der Waals surface area contributed by atoms with Gasteiger partial charge >= 0.3 is 0 Å². The monoisotopic (exact) mass is 237 g/mol. The molecule has 7 N–H and O–H groups in total. The summed E-state index contributed by atoms with van der Waals surface area (Å²) in [6, 6.07) is 8.35. The number of aryl methyl sites for hydroxylation is 2. The third kappa shape index (κ3) is 6.64. The Bertz CT molecular complexity index is 339. The van der Waals surface area contributed by atoms with Gasteiger partial charge in [-0.2, -0.15) is 0 Å². The van der Waals surface area contributed by atoms with E-state index in [-0.39, 0.29) is 6.15 Å². The van der Waals surface area contributed by atoms with E-state index in [4.69, 9.17) is 11.5 Å². The highest BCUT2D eigenvalue weighted by Crippen LogP contribution is 2.11. The van der Waals surface area contributed by atoms with Gasteiger partial charge in [-0.1, -0.05) is 38.1 Å². The van der Waals surface area contributed by atoms with Crippen LogP contribution in [0.25, 0.3) is 0 Å². The molecule has 3 heteroatoms. The lowest BCUT2D eigenvalue weighted by molar-refractivity contribution is 0.895. The summed E-state index contributed by atoms with van der Waals surface area (Å²) in [7, 11) is 0. The number of allylic oxidation sites excluding steroid dienone is 2. The maximum Gasteiger partial charge on any atom is 0.0271 e. The van der Waals surface area contributed by atoms with E-state index < -0.39 is 0 Å². The molecular formula is C14H27N3. The van der Waals surface area contributed by atoms with Gasteiger partial charge in [0.05, 0.1) is 0 Å². The fourth-order valence-electron chi connectivity index (χ4n) is 1.36. The lowest BCUT2D eigenvalue weighted by atomic mass is 10.0. The second-order valence-electron chi connectivity index (χ2n) is 3.63. The molecule has 0 bridgehead atoms. The molecular weight excluding hydrogens is 210 g/mol. The SMILES string of the molecule is C/C(N)=C(/N)CCc1ccccc1C.CC.N. The maximum atomic E-state index is 5.77. The highest BCUT2D eigenvalue weighted by atomic mass is 14.7. The summed E-state index contributed by atoms with van der Waals surface area (Å²) >= 11 is 0. The Kier molecular flexibility index (Phi) is 10.2. The molecule has 98 valence electrons. The number of hydrogen-bond donors (Lipinski definition) is 3. The van der Waals surface area contributed by atoms with E-state index in [0.29, 0.717) is 0 Å². The van der Waals surface area contributed by atoms with Crippen LogP contribution in [0.1, 0.15) is 38.3 Å². The van der Waals surface area contributed by atoms with Gasteiger partial charge in [-0.05, 0) is 37.8 Å². The van der Waals surface area contributed by atoms with Crippen molar-refractivity contribution < 1.29 is 0 Å². The van der Waals surface area contributed by atoms with Crippen LogP contribution in [0.2, 0.25) is 0 Å². The Morgan fingerprint density at radius 2 is 1.65 bits per heavy atom. The van der Waals surface area contributed by atoms with Crippen LogP contribution < -0.4 is 17.6 Å². The number of nitrogens with two attached hydrogens (primary N) is 2. The molecule has 0 saturated carbocycles. The topological polar surface area (TPSA) is 87.0 Å². The van der Waals surface area contributed by atoms with Crippen molar-refractivity contribution in [3.63, 3.8) is 0 Å². The Morgan fingerprint density at radius 3 is 2.12 bits per heavy atom. The maximum absolute atomic E-state index is 5.77. The molecule has 0 aliphatic heterocycles.